The van der Waals surface area contributed by atoms with E-state index < -0.39 is 0 Å². The highest BCUT2D eigenvalue weighted by atomic mass is 16.5. The van der Waals surface area contributed by atoms with Gasteiger partial charge in [-0.25, -0.2) is 4.79 Å². The molecule has 0 spiro atoms. The Bertz CT molecular complexity index is 393. The van der Waals surface area contributed by atoms with E-state index in [0.29, 0.717) is 18.6 Å². The van der Waals surface area contributed by atoms with Gasteiger partial charge in [-0.15, -0.1) is 0 Å². The predicted molar refractivity (Wildman–Crippen MR) is 80.5 cm³/mol. The second-order valence-corrected chi connectivity index (χ2v) is 4.95. The van der Waals surface area contributed by atoms with Crippen LogP contribution in [0.15, 0.2) is 11.6 Å². The average molecular weight is 298 g/mol. The van der Waals surface area contributed by atoms with E-state index in [9.17, 15) is 14.4 Å². The van der Waals surface area contributed by atoms with E-state index >= 15 is 0 Å². The van der Waals surface area contributed by atoms with Gasteiger partial charge in [-0.2, -0.15) is 0 Å². The molecule has 1 N–H and O–H groups in total. The van der Waals surface area contributed by atoms with E-state index in [0.717, 1.165) is 6.42 Å². The van der Waals surface area contributed by atoms with Crippen molar-refractivity contribution in [1.29, 1.82) is 0 Å². The number of hydrogen-bond acceptors (Lipinski definition) is 4. The number of nitrogens with one attached hydrogen (secondary N) is 1. The Hall–Kier alpha value is -1.85. The summed E-state index contributed by atoms with van der Waals surface area (Å²) >= 11 is 0. The third-order valence-corrected chi connectivity index (χ3v) is 3.42. The zero-order chi connectivity index (χ0) is 16.4. The standard InChI is InChI=1S/C15H26N2O4/c1-6-11(3)13(8-12(4)15(20)21-7-2)17(5)14(19)9-16-10-18/h8,10-11,13H,6-7,9H2,1-5H3,(H,16,18)/b12-8+/t11?,13-/m1/s1. The lowest BCUT2D eigenvalue weighted by atomic mass is 9.95. The van der Waals surface area contributed by atoms with Gasteiger partial charge >= 0.3 is 5.97 Å². The molecule has 0 aliphatic rings. The molecule has 120 valence electrons. The topological polar surface area (TPSA) is 75.7 Å². The molecule has 0 radical (unpaired) electrons. The number of amides is 2. The predicted octanol–water partition coefficient (Wildman–Crippen LogP) is 1.11. The van der Waals surface area contributed by atoms with Gasteiger partial charge in [-0.05, 0) is 19.8 Å². The van der Waals surface area contributed by atoms with Crippen molar-refractivity contribution in [3.8, 4) is 0 Å². The molecule has 0 heterocycles. The fourth-order valence-corrected chi connectivity index (χ4v) is 1.89. The first-order valence-corrected chi connectivity index (χ1v) is 7.17. The molecule has 2 amide bonds. The van der Waals surface area contributed by atoms with Gasteiger partial charge < -0.3 is 15.0 Å². The average Bonchev–Trinajstić information content (AvgIpc) is 2.48. The Kier molecular flexibility index (Phi) is 9.08. The highest BCUT2D eigenvalue weighted by molar-refractivity contribution is 5.88. The first-order valence-electron chi connectivity index (χ1n) is 7.17. The molecule has 0 aromatic carbocycles. The van der Waals surface area contributed by atoms with Crippen molar-refractivity contribution in [1.82, 2.24) is 10.2 Å². The van der Waals surface area contributed by atoms with Crippen LogP contribution in [0.3, 0.4) is 0 Å². The minimum Gasteiger partial charge on any atom is -0.463 e. The number of carbonyl (C=O) groups excluding carboxylic acids is 3. The normalized spacial score (nSPS) is 14.0. The maximum atomic E-state index is 12.0. The molecule has 2 atom stereocenters. The zero-order valence-electron chi connectivity index (χ0n) is 13.5. The Morgan fingerprint density at radius 3 is 2.43 bits per heavy atom. The lowest BCUT2D eigenvalue weighted by Gasteiger charge is -2.30. The largest absolute Gasteiger partial charge is 0.463 e. The van der Waals surface area contributed by atoms with E-state index in [2.05, 4.69) is 5.32 Å². The number of likely N-dealkylation sites (N-methyl/N-ethyl adjacent to an activating group) is 1. The summed E-state index contributed by atoms with van der Waals surface area (Å²) in [5, 5.41) is 2.35. The van der Waals surface area contributed by atoms with E-state index in [1.165, 1.54) is 0 Å². The smallest absolute Gasteiger partial charge is 0.333 e. The molecule has 0 saturated heterocycles. The molecule has 0 aromatic heterocycles. The molecule has 6 heteroatoms. The minimum absolute atomic E-state index is 0.0563. The summed E-state index contributed by atoms with van der Waals surface area (Å²) in [6, 6.07) is -0.222. The van der Waals surface area contributed by atoms with Gasteiger partial charge in [0.05, 0.1) is 19.2 Å². The number of rotatable bonds is 9. The van der Waals surface area contributed by atoms with Crippen molar-refractivity contribution in [2.24, 2.45) is 5.92 Å². The van der Waals surface area contributed by atoms with Crippen LogP contribution in [0.5, 0.6) is 0 Å². The summed E-state index contributed by atoms with van der Waals surface area (Å²) in [6.07, 6.45) is 3.10. The van der Waals surface area contributed by atoms with Crippen LogP contribution in [-0.2, 0) is 19.1 Å². The summed E-state index contributed by atoms with van der Waals surface area (Å²) < 4.78 is 4.95. The van der Waals surface area contributed by atoms with Gasteiger partial charge in [0.1, 0.15) is 0 Å². The van der Waals surface area contributed by atoms with Crippen molar-refractivity contribution in [2.75, 3.05) is 20.2 Å². The fourth-order valence-electron chi connectivity index (χ4n) is 1.89. The van der Waals surface area contributed by atoms with Crippen LogP contribution >= 0.6 is 0 Å². The maximum Gasteiger partial charge on any atom is 0.333 e. The van der Waals surface area contributed by atoms with E-state index in [-0.39, 0.29) is 30.4 Å². The highest BCUT2D eigenvalue weighted by Gasteiger charge is 2.23. The summed E-state index contributed by atoms with van der Waals surface area (Å²) in [5.74, 6) is -0.405. The maximum absolute atomic E-state index is 12.0. The zero-order valence-corrected chi connectivity index (χ0v) is 13.5. The monoisotopic (exact) mass is 298 g/mol. The van der Waals surface area contributed by atoms with Gasteiger partial charge in [0.25, 0.3) is 0 Å². The Labute approximate surface area is 126 Å². The molecule has 0 saturated carbocycles. The van der Waals surface area contributed by atoms with E-state index in [4.69, 9.17) is 4.74 Å². The summed E-state index contributed by atoms with van der Waals surface area (Å²) in [7, 11) is 1.67. The first-order chi connectivity index (χ1) is 9.88. The van der Waals surface area contributed by atoms with E-state index in [1.54, 1.807) is 31.9 Å². The van der Waals surface area contributed by atoms with Crippen molar-refractivity contribution < 1.29 is 19.1 Å². The molecule has 0 bridgehead atoms. The summed E-state index contributed by atoms with van der Waals surface area (Å²) in [4.78, 5) is 35.5. The molecule has 21 heavy (non-hydrogen) atoms. The molecule has 0 fully saturated rings. The van der Waals surface area contributed by atoms with Crippen LogP contribution in [0.4, 0.5) is 0 Å². The number of nitrogens with zero attached hydrogens (tertiary/aromatic N) is 1. The molecule has 0 aliphatic carbocycles. The quantitative estimate of drug-likeness (QED) is 0.393. The van der Waals surface area contributed by atoms with Crippen LogP contribution < -0.4 is 5.32 Å². The van der Waals surface area contributed by atoms with Gasteiger partial charge in [0.15, 0.2) is 0 Å². The molecule has 1 unspecified atom stereocenters. The van der Waals surface area contributed by atoms with Crippen LogP contribution in [0.2, 0.25) is 0 Å². The van der Waals surface area contributed by atoms with Crippen LogP contribution in [0.1, 0.15) is 34.1 Å². The van der Waals surface area contributed by atoms with Gasteiger partial charge in [0, 0.05) is 12.6 Å². The number of esters is 1. The first kappa shape index (κ1) is 19.1. The fraction of sp³-hybridized carbons (Fsp3) is 0.667. The Morgan fingerprint density at radius 1 is 1.33 bits per heavy atom. The SMILES string of the molecule is CCOC(=O)/C(C)=C/[C@H](C(C)CC)N(C)C(=O)CNC=O. The number of carbonyl (C=O) groups is 3. The third kappa shape index (κ3) is 6.42. The molecule has 0 rings (SSSR count). The lowest BCUT2D eigenvalue weighted by molar-refractivity contribution is -0.138. The minimum atomic E-state index is -0.377. The molecular formula is C15H26N2O4. The van der Waals surface area contributed by atoms with Crippen LogP contribution in [0.25, 0.3) is 0 Å². The lowest BCUT2D eigenvalue weighted by Crippen LogP contribution is -2.44. The van der Waals surface area contributed by atoms with Crippen molar-refractivity contribution in [3.63, 3.8) is 0 Å². The van der Waals surface area contributed by atoms with Crippen LogP contribution in [0, 0.1) is 5.92 Å². The number of hydrogen-bond donors (Lipinski definition) is 1. The summed E-state index contributed by atoms with van der Waals surface area (Å²) in [5.41, 5.74) is 0.477. The molecule has 6 nitrogen and oxygen atoms in total. The summed E-state index contributed by atoms with van der Waals surface area (Å²) in [6.45, 7) is 7.71. The molecule has 0 aliphatic heterocycles. The molecular weight excluding hydrogens is 272 g/mol. The highest BCUT2D eigenvalue weighted by Crippen LogP contribution is 2.17. The number of ether oxygens (including phenoxy) is 1. The van der Waals surface area contributed by atoms with Gasteiger partial charge in [-0.1, -0.05) is 26.3 Å². The van der Waals surface area contributed by atoms with Gasteiger partial charge in [-0.3, -0.25) is 9.59 Å². The second-order valence-electron chi connectivity index (χ2n) is 4.95. The third-order valence-electron chi connectivity index (χ3n) is 3.42. The Morgan fingerprint density at radius 2 is 1.95 bits per heavy atom. The van der Waals surface area contributed by atoms with E-state index in [1.807, 2.05) is 13.8 Å². The Balaban J connectivity index is 5.11. The van der Waals surface area contributed by atoms with Crippen molar-refractivity contribution in [2.45, 2.75) is 40.2 Å². The van der Waals surface area contributed by atoms with Crippen molar-refractivity contribution >= 4 is 18.3 Å². The molecule has 0 aromatic rings. The van der Waals surface area contributed by atoms with Crippen molar-refractivity contribution in [3.05, 3.63) is 11.6 Å². The second kappa shape index (κ2) is 9.96. The van der Waals surface area contributed by atoms with Gasteiger partial charge in [0.2, 0.25) is 12.3 Å². The van der Waals surface area contributed by atoms with Crippen LogP contribution in [-0.4, -0.2) is 49.4 Å².